The molecular formula is C16H18N2O3. The topological polar surface area (TPSA) is 52.6 Å². The van der Waals surface area contributed by atoms with Crippen LogP contribution in [0, 0.1) is 0 Å². The van der Waals surface area contributed by atoms with Gasteiger partial charge in [0.05, 0.1) is 11.9 Å². The van der Waals surface area contributed by atoms with E-state index in [1.165, 1.54) is 0 Å². The summed E-state index contributed by atoms with van der Waals surface area (Å²) in [5.41, 5.74) is 0.995. The molecule has 1 atom stereocenters. The van der Waals surface area contributed by atoms with E-state index in [4.69, 9.17) is 14.2 Å². The third-order valence-corrected chi connectivity index (χ3v) is 3.29. The number of pyridine rings is 1. The van der Waals surface area contributed by atoms with E-state index in [0.717, 1.165) is 18.0 Å². The first kappa shape index (κ1) is 13.7. The summed E-state index contributed by atoms with van der Waals surface area (Å²) >= 11 is 0. The van der Waals surface area contributed by atoms with Gasteiger partial charge < -0.3 is 19.5 Å². The number of aromatic nitrogens is 1. The van der Waals surface area contributed by atoms with Crippen molar-refractivity contribution >= 4 is 0 Å². The Morgan fingerprint density at radius 2 is 2.00 bits per heavy atom. The maximum absolute atomic E-state index is 5.78. The smallest absolute Gasteiger partial charge is 0.231 e. The Labute approximate surface area is 123 Å². The Balaban J connectivity index is 1.70. The fraction of sp³-hybridized carbons (Fsp3) is 0.312. The van der Waals surface area contributed by atoms with Crippen LogP contribution in [0.4, 0.5) is 0 Å². The highest BCUT2D eigenvalue weighted by molar-refractivity contribution is 5.47. The maximum atomic E-state index is 5.78. The van der Waals surface area contributed by atoms with Crippen molar-refractivity contribution in [1.29, 1.82) is 0 Å². The predicted molar refractivity (Wildman–Crippen MR) is 79.0 cm³/mol. The van der Waals surface area contributed by atoms with E-state index in [1.807, 2.05) is 30.3 Å². The highest BCUT2D eigenvalue weighted by Crippen LogP contribution is 2.36. The summed E-state index contributed by atoms with van der Waals surface area (Å²) in [4.78, 5) is 4.42. The first-order valence-electron chi connectivity index (χ1n) is 7.03. The van der Waals surface area contributed by atoms with Crippen molar-refractivity contribution in [3.63, 3.8) is 0 Å². The van der Waals surface area contributed by atoms with Gasteiger partial charge in [0.1, 0.15) is 11.5 Å². The summed E-state index contributed by atoms with van der Waals surface area (Å²) < 4.78 is 16.4. The van der Waals surface area contributed by atoms with Crippen LogP contribution in [0.15, 0.2) is 36.5 Å². The van der Waals surface area contributed by atoms with Crippen LogP contribution >= 0.6 is 0 Å². The molecule has 3 rings (SSSR count). The fourth-order valence-corrected chi connectivity index (χ4v) is 2.20. The van der Waals surface area contributed by atoms with Crippen LogP contribution in [0.5, 0.6) is 23.0 Å². The molecule has 0 saturated heterocycles. The molecule has 2 heterocycles. The van der Waals surface area contributed by atoms with Gasteiger partial charge in [-0.2, -0.15) is 0 Å². The second kappa shape index (κ2) is 6.01. The second-order valence-electron chi connectivity index (χ2n) is 4.82. The minimum atomic E-state index is 0.231. The quantitative estimate of drug-likeness (QED) is 0.914. The number of nitrogens with one attached hydrogen (secondary N) is 1. The third-order valence-electron chi connectivity index (χ3n) is 3.29. The number of nitrogens with zero attached hydrogens (tertiary/aromatic N) is 1. The highest BCUT2D eigenvalue weighted by atomic mass is 16.7. The zero-order valence-electron chi connectivity index (χ0n) is 12.1. The van der Waals surface area contributed by atoms with E-state index in [-0.39, 0.29) is 12.8 Å². The van der Waals surface area contributed by atoms with Gasteiger partial charge >= 0.3 is 0 Å². The van der Waals surface area contributed by atoms with E-state index >= 15 is 0 Å². The van der Waals surface area contributed by atoms with Crippen LogP contribution in [0.1, 0.15) is 25.6 Å². The molecule has 1 aromatic carbocycles. The molecule has 2 aromatic rings. The number of ether oxygens (including phenoxy) is 3. The summed E-state index contributed by atoms with van der Waals surface area (Å²) in [6.45, 7) is 5.34. The molecule has 5 nitrogen and oxygen atoms in total. The minimum absolute atomic E-state index is 0.231. The summed E-state index contributed by atoms with van der Waals surface area (Å²) in [5, 5.41) is 3.33. The molecule has 0 aliphatic carbocycles. The largest absolute Gasteiger partial charge is 0.456 e. The zero-order valence-corrected chi connectivity index (χ0v) is 12.1. The Hall–Kier alpha value is -2.27. The van der Waals surface area contributed by atoms with Gasteiger partial charge in [-0.3, -0.25) is 4.98 Å². The molecule has 0 amide bonds. The van der Waals surface area contributed by atoms with Gasteiger partial charge in [-0.05, 0) is 37.7 Å². The third kappa shape index (κ3) is 3.08. The van der Waals surface area contributed by atoms with Gasteiger partial charge in [-0.15, -0.1) is 0 Å². The Morgan fingerprint density at radius 1 is 1.19 bits per heavy atom. The van der Waals surface area contributed by atoms with Crippen molar-refractivity contribution in [2.45, 2.75) is 19.9 Å². The Kier molecular flexibility index (Phi) is 3.92. The average molecular weight is 286 g/mol. The predicted octanol–water partition coefficient (Wildman–Crippen LogP) is 3.27. The van der Waals surface area contributed by atoms with E-state index in [9.17, 15) is 0 Å². The SMILES string of the molecule is CCNC(C)c1ccc(Oc2ccc3c(c2)OCO3)cn1. The maximum Gasteiger partial charge on any atom is 0.231 e. The summed E-state index contributed by atoms with van der Waals surface area (Å²) in [6.07, 6.45) is 1.73. The van der Waals surface area contributed by atoms with Crippen LogP contribution < -0.4 is 19.5 Å². The van der Waals surface area contributed by atoms with E-state index < -0.39 is 0 Å². The van der Waals surface area contributed by atoms with Crippen LogP contribution in [-0.2, 0) is 0 Å². The van der Waals surface area contributed by atoms with Crippen molar-refractivity contribution in [3.05, 3.63) is 42.2 Å². The molecule has 110 valence electrons. The number of rotatable bonds is 5. The first-order chi connectivity index (χ1) is 10.3. The molecule has 21 heavy (non-hydrogen) atoms. The molecule has 0 radical (unpaired) electrons. The van der Waals surface area contributed by atoms with E-state index in [1.54, 1.807) is 6.20 Å². The van der Waals surface area contributed by atoms with Crippen molar-refractivity contribution in [1.82, 2.24) is 10.3 Å². The van der Waals surface area contributed by atoms with E-state index in [0.29, 0.717) is 17.2 Å². The van der Waals surface area contributed by atoms with Crippen LogP contribution in [0.25, 0.3) is 0 Å². The summed E-state index contributed by atoms with van der Waals surface area (Å²) in [5.74, 6) is 2.85. The summed E-state index contributed by atoms with van der Waals surface area (Å²) in [7, 11) is 0. The lowest BCUT2D eigenvalue weighted by molar-refractivity contribution is 0.174. The monoisotopic (exact) mass is 286 g/mol. The van der Waals surface area contributed by atoms with Gasteiger partial charge in [-0.25, -0.2) is 0 Å². The molecule has 1 N–H and O–H groups in total. The zero-order chi connectivity index (χ0) is 14.7. The minimum Gasteiger partial charge on any atom is -0.456 e. The van der Waals surface area contributed by atoms with Gasteiger partial charge in [0.15, 0.2) is 11.5 Å². The molecule has 0 bridgehead atoms. The van der Waals surface area contributed by atoms with Crippen LogP contribution in [0.3, 0.4) is 0 Å². The van der Waals surface area contributed by atoms with Gasteiger partial charge in [0.25, 0.3) is 0 Å². The molecule has 5 heteroatoms. The first-order valence-corrected chi connectivity index (χ1v) is 7.03. The number of hydrogen-bond donors (Lipinski definition) is 1. The van der Waals surface area contributed by atoms with Gasteiger partial charge in [-0.1, -0.05) is 6.92 Å². The molecule has 0 saturated carbocycles. The Bertz CT molecular complexity index is 613. The molecule has 0 fully saturated rings. The number of benzene rings is 1. The molecule has 1 unspecified atom stereocenters. The van der Waals surface area contributed by atoms with E-state index in [2.05, 4.69) is 24.1 Å². The molecule has 0 spiro atoms. The lowest BCUT2D eigenvalue weighted by atomic mass is 10.2. The number of fused-ring (bicyclic) bond motifs is 1. The fourth-order valence-electron chi connectivity index (χ4n) is 2.20. The van der Waals surface area contributed by atoms with Crippen LogP contribution in [-0.4, -0.2) is 18.3 Å². The highest BCUT2D eigenvalue weighted by Gasteiger charge is 2.14. The van der Waals surface area contributed by atoms with Crippen molar-refractivity contribution in [2.24, 2.45) is 0 Å². The van der Waals surface area contributed by atoms with Crippen molar-refractivity contribution in [3.8, 4) is 23.0 Å². The standard InChI is InChI=1S/C16H18N2O3/c1-3-17-11(2)14-6-4-13(9-18-14)21-12-5-7-15-16(8-12)20-10-19-15/h4-9,11,17H,3,10H2,1-2H3. The van der Waals surface area contributed by atoms with Gasteiger partial charge in [0, 0.05) is 12.1 Å². The summed E-state index contributed by atoms with van der Waals surface area (Å²) in [6, 6.07) is 9.62. The number of hydrogen-bond acceptors (Lipinski definition) is 5. The lowest BCUT2D eigenvalue weighted by Gasteiger charge is -2.12. The van der Waals surface area contributed by atoms with Gasteiger partial charge in [0.2, 0.25) is 6.79 Å². The average Bonchev–Trinajstić information content (AvgIpc) is 2.96. The normalized spacial score (nSPS) is 14.0. The second-order valence-corrected chi connectivity index (χ2v) is 4.82. The molecule has 1 aliphatic rings. The lowest BCUT2D eigenvalue weighted by Crippen LogP contribution is -2.18. The molecular weight excluding hydrogens is 268 g/mol. The molecule has 1 aliphatic heterocycles. The van der Waals surface area contributed by atoms with Crippen molar-refractivity contribution in [2.75, 3.05) is 13.3 Å². The molecule has 1 aromatic heterocycles. The Morgan fingerprint density at radius 3 is 2.76 bits per heavy atom. The van der Waals surface area contributed by atoms with Crippen LogP contribution in [0.2, 0.25) is 0 Å². The van der Waals surface area contributed by atoms with Crippen molar-refractivity contribution < 1.29 is 14.2 Å².